The van der Waals surface area contributed by atoms with Gasteiger partial charge in [0.15, 0.2) is 0 Å². The van der Waals surface area contributed by atoms with E-state index in [1.807, 2.05) is 35.2 Å². The molecule has 2 aliphatic heterocycles. The molecule has 0 saturated carbocycles. The minimum atomic E-state index is -0.524. The number of nitrogens with zero attached hydrogens (tertiary/aromatic N) is 1. The number of benzene rings is 1. The molecule has 2 fully saturated rings. The van der Waals surface area contributed by atoms with E-state index < -0.39 is 6.10 Å². The lowest BCUT2D eigenvalue weighted by atomic mass is 9.84. The van der Waals surface area contributed by atoms with E-state index in [0.717, 1.165) is 31.4 Å². The number of aliphatic hydroxyl groups is 1. The second-order valence-corrected chi connectivity index (χ2v) is 5.02. The first-order chi connectivity index (χ1) is 8.27. The van der Waals surface area contributed by atoms with E-state index in [1.165, 1.54) is 0 Å². The number of carbonyl (C=O) groups is 1. The maximum Gasteiger partial charge on any atom is 0.233 e. The van der Waals surface area contributed by atoms with E-state index in [2.05, 4.69) is 0 Å². The van der Waals surface area contributed by atoms with Gasteiger partial charge >= 0.3 is 0 Å². The van der Waals surface area contributed by atoms with Crippen LogP contribution in [-0.4, -0.2) is 34.6 Å². The molecule has 0 aromatic heterocycles. The molecular formula is C14H17NO2. The Hall–Kier alpha value is -1.35. The smallest absolute Gasteiger partial charge is 0.233 e. The van der Waals surface area contributed by atoms with Crippen molar-refractivity contribution in [2.75, 3.05) is 6.54 Å². The molecule has 2 saturated heterocycles. The number of hydrogen-bond acceptors (Lipinski definition) is 2. The summed E-state index contributed by atoms with van der Waals surface area (Å²) in [7, 11) is 0. The summed E-state index contributed by atoms with van der Waals surface area (Å²) in [5, 5.41) is 10.2. The van der Waals surface area contributed by atoms with E-state index in [9.17, 15) is 9.90 Å². The molecule has 3 rings (SSSR count). The molecule has 3 heteroatoms. The maximum absolute atomic E-state index is 12.4. The molecule has 0 spiro atoms. The number of carbonyl (C=O) groups excluding carboxylic acids is 1. The van der Waals surface area contributed by atoms with Gasteiger partial charge in [0, 0.05) is 12.6 Å². The van der Waals surface area contributed by atoms with Crippen LogP contribution in [0.2, 0.25) is 0 Å². The van der Waals surface area contributed by atoms with Crippen LogP contribution in [0.15, 0.2) is 30.3 Å². The summed E-state index contributed by atoms with van der Waals surface area (Å²) in [5.41, 5.74) is 0.940. The van der Waals surface area contributed by atoms with Gasteiger partial charge in [-0.05, 0) is 24.8 Å². The van der Waals surface area contributed by atoms with Gasteiger partial charge in [0.25, 0.3) is 0 Å². The third-order valence-corrected chi connectivity index (χ3v) is 3.98. The second-order valence-electron chi connectivity index (χ2n) is 5.02. The third-order valence-electron chi connectivity index (χ3n) is 3.98. The molecule has 2 heterocycles. The van der Waals surface area contributed by atoms with Gasteiger partial charge in [0.05, 0.1) is 12.0 Å². The van der Waals surface area contributed by atoms with E-state index in [0.29, 0.717) is 0 Å². The Morgan fingerprint density at radius 3 is 2.76 bits per heavy atom. The van der Waals surface area contributed by atoms with Crippen LogP contribution in [0.4, 0.5) is 0 Å². The average Bonchev–Trinajstić information content (AvgIpc) is 2.78. The highest BCUT2D eigenvalue weighted by molar-refractivity contribution is 5.85. The largest absolute Gasteiger partial charge is 0.392 e. The molecule has 2 aliphatic rings. The molecular weight excluding hydrogens is 214 g/mol. The van der Waals surface area contributed by atoms with Crippen LogP contribution in [-0.2, 0) is 4.79 Å². The predicted molar refractivity (Wildman–Crippen MR) is 64.5 cm³/mol. The molecule has 17 heavy (non-hydrogen) atoms. The van der Waals surface area contributed by atoms with E-state index >= 15 is 0 Å². The first kappa shape index (κ1) is 10.8. The van der Waals surface area contributed by atoms with Crippen molar-refractivity contribution in [1.82, 2.24) is 4.90 Å². The normalized spacial score (nSPS) is 32.6. The summed E-state index contributed by atoms with van der Waals surface area (Å²) in [6.45, 7) is 0.861. The minimum absolute atomic E-state index is 0.109. The second kappa shape index (κ2) is 4.15. The van der Waals surface area contributed by atoms with E-state index in [-0.39, 0.29) is 17.9 Å². The molecule has 1 aromatic carbocycles. The van der Waals surface area contributed by atoms with Gasteiger partial charge in [-0.2, -0.15) is 0 Å². The van der Waals surface area contributed by atoms with Gasteiger partial charge < -0.3 is 10.0 Å². The minimum Gasteiger partial charge on any atom is -0.392 e. The molecule has 1 N–H and O–H groups in total. The first-order valence-corrected chi connectivity index (χ1v) is 6.31. The molecule has 0 unspecified atom stereocenters. The Kier molecular flexibility index (Phi) is 2.63. The first-order valence-electron chi connectivity index (χ1n) is 6.31. The number of hydrogen-bond donors (Lipinski definition) is 1. The summed E-state index contributed by atoms with van der Waals surface area (Å²) >= 11 is 0. The van der Waals surface area contributed by atoms with Gasteiger partial charge in [-0.3, -0.25) is 4.79 Å². The van der Waals surface area contributed by atoms with Gasteiger partial charge in [0.1, 0.15) is 0 Å². The maximum atomic E-state index is 12.4. The van der Waals surface area contributed by atoms with Crippen LogP contribution in [0.3, 0.4) is 0 Å². The Bertz CT molecular complexity index is 417. The summed E-state index contributed by atoms with van der Waals surface area (Å²) in [4.78, 5) is 14.3. The number of aliphatic hydroxyl groups excluding tert-OH is 1. The predicted octanol–water partition coefficient (Wildman–Crippen LogP) is 1.53. The monoisotopic (exact) mass is 231 g/mol. The van der Waals surface area contributed by atoms with Crippen LogP contribution in [0, 0.1) is 0 Å². The highest BCUT2D eigenvalue weighted by atomic mass is 16.3. The number of amides is 1. The van der Waals surface area contributed by atoms with Crippen molar-refractivity contribution in [2.45, 2.75) is 37.3 Å². The Morgan fingerprint density at radius 2 is 2.00 bits per heavy atom. The van der Waals surface area contributed by atoms with Crippen molar-refractivity contribution in [2.24, 2.45) is 0 Å². The van der Waals surface area contributed by atoms with Gasteiger partial charge in [-0.1, -0.05) is 30.3 Å². The van der Waals surface area contributed by atoms with Crippen molar-refractivity contribution < 1.29 is 9.90 Å². The van der Waals surface area contributed by atoms with Crippen molar-refractivity contribution in [3.8, 4) is 0 Å². The van der Waals surface area contributed by atoms with E-state index in [4.69, 9.17) is 0 Å². The summed E-state index contributed by atoms with van der Waals surface area (Å²) in [5.74, 6) is -0.247. The van der Waals surface area contributed by atoms with Gasteiger partial charge in [0.2, 0.25) is 5.91 Å². The fraction of sp³-hybridized carbons (Fsp3) is 0.500. The Balaban J connectivity index is 1.91. The number of piperidine rings is 1. The van der Waals surface area contributed by atoms with Crippen LogP contribution >= 0.6 is 0 Å². The van der Waals surface area contributed by atoms with Crippen LogP contribution in [0.25, 0.3) is 0 Å². The SMILES string of the molecule is O=C1[C@@H](c2ccccc2)[C@H](O)C[C@@H]2CCCN12. The molecule has 0 aliphatic carbocycles. The van der Waals surface area contributed by atoms with Crippen molar-refractivity contribution >= 4 is 5.91 Å². The lowest BCUT2D eigenvalue weighted by Crippen LogP contribution is -2.49. The van der Waals surface area contributed by atoms with Crippen molar-refractivity contribution in [3.63, 3.8) is 0 Å². The van der Waals surface area contributed by atoms with Crippen molar-refractivity contribution in [3.05, 3.63) is 35.9 Å². The molecule has 1 aromatic rings. The standard InChI is InChI=1S/C14H17NO2/c16-12-9-11-7-4-8-15(11)14(17)13(12)10-5-2-1-3-6-10/h1-3,5-6,11-13,16H,4,7-9H2/t11-,12+,13-/m0/s1. The molecule has 0 bridgehead atoms. The molecule has 1 amide bonds. The van der Waals surface area contributed by atoms with Gasteiger partial charge in [-0.15, -0.1) is 0 Å². The average molecular weight is 231 g/mol. The molecule has 3 atom stereocenters. The van der Waals surface area contributed by atoms with Gasteiger partial charge in [-0.25, -0.2) is 0 Å². The van der Waals surface area contributed by atoms with Crippen molar-refractivity contribution in [1.29, 1.82) is 0 Å². The zero-order valence-electron chi connectivity index (χ0n) is 9.75. The number of rotatable bonds is 1. The summed E-state index contributed by atoms with van der Waals surface area (Å²) < 4.78 is 0. The summed E-state index contributed by atoms with van der Waals surface area (Å²) in [6.07, 6.45) is 2.32. The molecule has 0 radical (unpaired) electrons. The highest BCUT2D eigenvalue weighted by Crippen LogP contribution is 2.36. The van der Waals surface area contributed by atoms with Crippen LogP contribution in [0.5, 0.6) is 0 Å². The fourth-order valence-electron chi connectivity index (χ4n) is 3.15. The Morgan fingerprint density at radius 1 is 1.24 bits per heavy atom. The lowest BCUT2D eigenvalue weighted by molar-refractivity contribution is -0.141. The number of fused-ring (bicyclic) bond motifs is 1. The lowest BCUT2D eigenvalue weighted by Gasteiger charge is -2.38. The fourth-order valence-corrected chi connectivity index (χ4v) is 3.15. The third kappa shape index (κ3) is 1.75. The van der Waals surface area contributed by atoms with E-state index in [1.54, 1.807) is 0 Å². The highest BCUT2D eigenvalue weighted by Gasteiger charge is 2.43. The quantitative estimate of drug-likeness (QED) is 0.796. The topological polar surface area (TPSA) is 40.5 Å². The molecule has 90 valence electrons. The van der Waals surface area contributed by atoms with Crippen LogP contribution in [0.1, 0.15) is 30.7 Å². The zero-order chi connectivity index (χ0) is 11.8. The summed E-state index contributed by atoms with van der Waals surface area (Å²) in [6, 6.07) is 9.92. The van der Waals surface area contributed by atoms with Crippen LogP contribution < -0.4 is 0 Å². The zero-order valence-corrected chi connectivity index (χ0v) is 9.75. The Labute approximate surface area is 101 Å². The molecule has 3 nitrogen and oxygen atoms in total.